The summed E-state index contributed by atoms with van der Waals surface area (Å²) in [5.41, 5.74) is 4.77. The van der Waals surface area contributed by atoms with Crippen LogP contribution >= 0.6 is 0 Å². The molecule has 0 bridgehead atoms. The van der Waals surface area contributed by atoms with E-state index < -0.39 is 0 Å². The van der Waals surface area contributed by atoms with E-state index in [2.05, 4.69) is 73.8 Å². The van der Waals surface area contributed by atoms with Crippen LogP contribution in [0.25, 0.3) is 0 Å². The van der Waals surface area contributed by atoms with Crippen LogP contribution in [-0.4, -0.2) is 19.1 Å². The zero-order valence-electron chi connectivity index (χ0n) is 18.1. The van der Waals surface area contributed by atoms with Gasteiger partial charge in [-0.3, -0.25) is 4.79 Å². The lowest BCUT2D eigenvalue weighted by Gasteiger charge is -2.18. The lowest BCUT2D eigenvalue weighted by molar-refractivity contribution is -0.123. The summed E-state index contributed by atoms with van der Waals surface area (Å²) in [5.74, 6) is 1.36. The zero-order valence-corrected chi connectivity index (χ0v) is 18.1. The van der Waals surface area contributed by atoms with Gasteiger partial charge in [0.25, 0.3) is 5.91 Å². The van der Waals surface area contributed by atoms with Crippen molar-refractivity contribution >= 4 is 5.91 Å². The molecule has 3 nitrogen and oxygen atoms in total. The predicted molar refractivity (Wildman–Crippen MR) is 123 cm³/mol. The van der Waals surface area contributed by atoms with E-state index in [9.17, 15) is 4.79 Å². The Hall–Kier alpha value is -3.07. The van der Waals surface area contributed by atoms with Crippen molar-refractivity contribution < 1.29 is 9.53 Å². The fourth-order valence-electron chi connectivity index (χ4n) is 3.58. The molecular formula is C27H31NO2. The fraction of sp³-hybridized carbons (Fsp3) is 0.296. The van der Waals surface area contributed by atoms with E-state index in [1.807, 2.05) is 31.2 Å². The Morgan fingerprint density at radius 2 is 1.47 bits per heavy atom. The van der Waals surface area contributed by atoms with Gasteiger partial charge < -0.3 is 10.1 Å². The summed E-state index contributed by atoms with van der Waals surface area (Å²) < 4.78 is 5.80. The number of ether oxygens (including phenoxy) is 1. The number of rotatable bonds is 9. The van der Waals surface area contributed by atoms with E-state index in [1.54, 1.807) is 0 Å². The van der Waals surface area contributed by atoms with Gasteiger partial charge in [0.2, 0.25) is 0 Å². The molecule has 0 aliphatic rings. The van der Waals surface area contributed by atoms with E-state index in [4.69, 9.17) is 4.74 Å². The molecule has 0 fully saturated rings. The molecular weight excluding hydrogens is 370 g/mol. The molecule has 0 aliphatic carbocycles. The van der Waals surface area contributed by atoms with E-state index in [1.165, 1.54) is 16.7 Å². The first kappa shape index (κ1) is 21.6. The number of benzene rings is 3. The van der Waals surface area contributed by atoms with Crippen molar-refractivity contribution in [2.45, 2.75) is 39.0 Å². The Kier molecular flexibility index (Phi) is 7.67. The number of hydrogen-bond acceptors (Lipinski definition) is 2. The van der Waals surface area contributed by atoms with E-state index in [0.29, 0.717) is 12.5 Å². The highest BCUT2D eigenvalue weighted by molar-refractivity contribution is 5.77. The largest absolute Gasteiger partial charge is 0.483 e. The molecule has 3 aromatic rings. The number of nitrogens with one attached hydrogen (secondary N) is 1. The Bertz CT molecular complexity index is 896. The van der Waals surface area contributed by atoms with Gasteiger partial charge in [-0.1, -0.05) is 86.6 Å². The van der Waals surface area contributed by atoms with Gasteiger partial charge in [0.15, 0.2) is 6.61 Å². The van der Waals surface area contributed by atoms with Crippen molar-refractivity contribution in [1.29, 1.82) is 0 Å². The Labute approximate surface area is 180 Å². The van der Waals surface area contributed by atoms with Crippen LogP contribution in [0.15, 0.2) is 78.9 Å². The third-order valence-corrected chi connectivity index (χ3v) is 5.40. The minimum Gasteiger partial charge on any atom is -0.483 e. The summed E-state index contributed by atoms with van der Waals surface area (Å²) >= 11 is 0. The Morgan fingerprint density at radius 3 is 2.03 bits per heavy atom. The second-order valence-electron chi connectivity index (χ2n) is 7.98. The molecule has 0 radical (unpaired) electrons. The lowest BCUT2D eigenvalue weighted by atomic mass is 9.88. The second-order valence-corrected chi connectivity index (χ2v) is 7.98. The van der Waals surface area contributed by atoms with Crippen LogP contribution in [0.5, 0.6) is 5.75 Å². The predicted octanol–water partition coefficient (Wildman–Crippen LogP) is 5.84. The first-order chi connectivity index (χ1) is 14.5. The summed E-state index contributed by atoms with van der Waals surface area (Å²) in [6.07, 6.45) is 0.835. The van der Waals surface area contributed by atoms with Gasteiger partial charge in [-0.2, -0.15) is 0 Å². The normalized spacial score (nSPS) is 11.0. The summed E-state index contributed by atoms with van der Waals surface area (Å²) in [5, 5.41) is 3.02. The van der Waals surface area contributed by atoms with Crippen LogP contribution < -0.4 is 10.1 Å². The summed E-state index contributed by atoms with van der Waals surface area (Å²) in [7, 11) is 0. The molecule has 0 heterocycles. The molecule has 0 saturated carbocycles. The maximum absolute atomic E-state index is 12.4. The Balaban J connectivity index is 1.56. The number of carbonyl (C=O) groups is 1. The minimum atomic E-state index is -0.0933. The van der Waals surface area contributed by atoms with Crippen molar-refractivity contribution in [2.24, 2.45) is 0 Å². The van der Waals surface area contributed by atoms with Crippen LogP contribution in [0.3, 0.4) is 0 Å². The van der Waals surface area contributed by atoms with Gasteiger partial charge in [0.05, 0.1) is 0 Å². The SMILES string of the molecule is Cc1ccc(C(C)C)cc1OCC(=O)NCCC(c1ccccc1)c1ccccc1. The first-order valence-corrected chi connectivity index (χ1v) is 10.6. The topological polar surface area (TPSA) is 38.3 Å². The van der Waals surface area contributed by atoms with E-state index >= 15 is 0 Å². The van der Waals surface area contributed by atoms with Crippen LogP contribution in [-0.2, 0) is 4.79 Å². The van der Waals surface area contributed by atoms with Crippen molar-refractivity contribution in [2.75, 3.05) is 13.2 Å². The van der Waals surface area contributed by atoms with Crippen molar-refractivity contribution in [3.8, 4) is 5.75 Å². The molecule has 0 aliphatic heterocycles. The Morgan fingerprint density at radius 1 is 0.867 bits per heavy atom. The smallest absolute Gasteiger partial charge is 0.257 e. The minimum absolute atomic E-state index is 0.0315. The molecule has 1 N–H and O–H groups in total. The van der Waals surface area contributed by atoms with Gasteiger partial charge in [0.1, 0.15) is 5.75 Å². The molecule has 3 aromatic carbocycles. The fourth-order valence-corrected chi connectivity index (χ4v) is 3.58. The number of amides is 1. The average molecular weight is 402 g/mol. The van der Waals surface area contributed by atoms with Gasteiger partial charge in [0, 0.05) is 12.5 Å². The molecule has 3 rings (SSSR count). The molecule has 3 heteroatoms. The highest BCUT2D eigenvalue weighted by Crippen LogP contribution is 2.27. The van der Waals surface area contributed by atoms with Crippen molar-refractivity contribution in [3.63, 3.8) is 0 Å². The molecule has 0 saturated heterocycles. The van der Waals surface area contributed by atoms with Crippen molar-refractivity contribution in [3.05, 3.63) is 101 Å². The van der Waals surface area contributed by atoms with Gasteiger partial charge >= 0.3 is 0 Å². The van der Waals surface area contributed by atoms with Crippen LogP contribution in [0, 0.1) is 6.92 Å². The highest BCUT2D eigenvalue weighted by Gasteiger charge is 2.14. The summed E-state index contributed by atoms with van der Waals surface area (Å²) in [6.45, 7) is 6.93. The first-order valence-electron chi connectivity index (χ1n) is 10.6. The van der Waals surface area contributed by atoms with Crippen LogP contribution in [0.4, 0.5) is 0 Å². The number of hydrogen-bond donors (Lipinski definition) is 1. The van der Waals surface area contributed by atoms with Crippen molar-refractivity contribution in [1.82, 2.24) is 5.32 Å². The zero-order chi connectivity index (χ0) is 21.3. The lowest BCUT2D eigenvalue weighted by Crippen LogP contribution is -2.30. The third-order valence-electron chi connectivity index (χ3n) is 5.40. The molecule has 0 aromatic heterocycles. The molecule has 156 valence electrons. The van der Waals surface area contributed by atoms with E-state index in [-0.39, 0.29) is 18.4 Å². The molecule has 0 spiro atoms. The summed E-state index contributed by atoms with van der Waals surface area (Å²) in [4.78, 5) is 12.4. The number of aryl methyl sites for hydroxylation is 1. The standard InChI is InChI=1S/C27H31NO2/c1-20(2)24-15-14-21(3)26(18-24)30-19-27(29)28-17-16-25(22-10-6-4-7-11-22)23-12-8-5-9-13-23/h4-15,18,20,25H,16-17,19H2,1-3H3,(H,28,29). The third kappa shape index (κ3) is 5.96. The maximum atomic E-state index is 12.4. The van der Waals surface area contributed by atoms with E-state index in [0.717, 1.165) is 17.7 Å². The maximum Gasteiger partial charge on any atom is 0.257 e. The van der Waals surface area contributed by atoms with Gasteiger partial charge in [-0.25, -0.2) is 0 Å². The second kappa shape index (κ2) is 10.6. The van der Waals surface area contributed by atoms with Crippen LogP contribution in [0.1, 0.15) is 54.4 Å². The van der Waals surface area contributed by atoms with Crippen LogP contribution in [0.2, 0.25) is 0 Å². The monoisotopic (exact) mass is 401 g/mol. The average Bonchev–Trinajstić information content (AvgIpc) is 2.77. The quantitative estimate of drug-likeness (QED) is 0.489. The van der Waals surface area contributed by atoms with Gasteiger partial charge in [-0.05, 0) is 47.6 Å². The molecule has 0 atom stereocenters. The molecule has 0 unspecified atom stereocenters. The molecule has 30 heavy (non-hydrogen) atoms. The highest BCUT2D eigenvalue weighted by atomic mass is 16.5. The summed E-state index contributed by atoms with van der Waals surface area (Å²) in [6, 6.07) is 27.1. The number of carbonyl (C=O) groups excluding carboxylic acids is 1. The van der Waals surface area contributed by atoms with Gasteiger partial charge in [-0.15, -0.1) is 0 Å². The molecule has 1 amide bonds.